The summed E-state index contributed by atoms with van der Waals surface area (Å²) in [4.78, 5) is 17.4. The summed E-state index contributed by atoms with van der Waals surface area (Å²) in [6.07, 6.45) is 3.40. The minimum Gasteiger partial charge on any atom is -0.497 e. The van der Waals surface area contributed by atoms with Crippen LogP contribution in [0.5, 0.6) is 11.5 Å². The van der Waals surface area contributed by atoms with Gasteiger partial charge in [0, 0.05) is 44.4 Å². The molecule has 1 aromatic carbocycles. The van der Waals surface area contributed by atoms with Gasteiger partial charge in [-0.05, 0) is 36.8 Å². The van der Waals surface area contributed by atoms with Crippen molar-refractivity contribution in [2.75, 3.05) is 66.8 Å². The Labute approximate surface area is 172 Å². The molecule has 0 aromatic heterocycles. The average Bonchev–Trinajstić information content (AvgIpc) is 3.15. The quantitative estimate of drug-likeness (QED) is 0.749. The molecule has 3 fully saturated rings. The van der Waals surface area contributed by atoms with E-state index in [4.69, 9.17) is 18.9 Å². The summed E-state index contributed by atoms with van der Waals surface area (Å²) < 4.78 is 22.2. The van der Waals surface area contributed by atoms with Gasteiger partial charge in [0.05, 0.1) is 40.1 Å². The van der Waals surface area contributed by atoms with E-state index >= 15 is 0 Å². The van der Waals surface area contributed by atoms with Gasteiger partial charge in [-0.25, -0.2) is 0 Å². The average molecular weight is 405 g/mol. The third kappa shape index (κ3) is 4.68. The Kier molecular flexibility index (Phi) is 6.27. The Morgan fingerprint density at radius 3 is 2.34 bits per heavy atom. The maximum Gasteiger partial charge on any atom is 0.254 e. The second kappa shape index (κ2) is 8.90. The second-order valence-electron chi connectivity index (χ2n) is 8.44. The normalized spacial score (nSPS) is 24.6. The number of rotatable bonds is 5. The number of carbonyl (C=O) groups is 1. The lowest BCUT2D eigenvalue weighted by Gasteiger charge is -2.38. The summed E-state index contributed by atoms with van der Waals surface area (Å²) in [5.74, 6) is 1.31. The molecule has 0 bridgehead atoms. The Bertz CT molecular complexity index is 689. The summed E-state index contributed by atoms with van der Waals surface area (Å²) in [7, 11) is 3.20. The number of hydrogen-bond donors (Lipinski definition) is 0. The van der Waals surface area contributed by atoms with Crippen LogP contribution in [0.1, 0.15) is 29.6 Å². The number of likely N-dealkylation sites (tertiary alicyclic amines) is 1. The zero-order valence-corrected chi connectivity index (χ0v) is 17.5. The molecule has 3 saturated heterocycles. The van der Waals surface area contributed by atoms with E-state index in [0.29, 0.717) is 23.2 Å². The highest BCUT2D eigenvalue weighted by atomic mass is 16.5. The van der Waals surface area contributed by atoms with Crippen molar-refractivity contribution >= 4 is 5.91 Å². The largest absolute Gasteiger partial charge is 0.497 e. The molecule has 1 spiro atoms. The van der Waals surface area contributed by atoms with Crippen molar-refractivity contribution in [2.45, 2.75) is 25.4 Å². The van der Waals surface area contributed by atoms with Crippen molar-refractivity contribution < 1.29 is 23.7 Å². The van der Waals surface area contributed by atoms with Gasteiger partial charge in [0.1, 0.15) is 11.5 Å². The van der Waals surface area contributed by atoms with Crippen LogP contribution >= 0.6 is 0 Å². The number of amides is 1. The van der Waals surface area contributed by atoms with Crippen molar-refractivity contribution in [3.05, 3.63) is 23.8 Å². The lowest BCUT2D eigenvalue weighted by atomic mass is 9.76. The lowest BCUT2D eigenvalue weighted by Crippen LogP contribution is -2.44. The van der Waals surface area contributed by atoms with E-state index < -0.39 is 0 Å². The van der Waals surface area contributed by atoms with E-state index in [1.165, 1.54) is 0 Å². The van der Waals surface area contributed by atoms with Gasteiger partial charge in [-0.3, -0.25) is 9.69 Å². The number of nitrogens with zero attached hydrogens (tertiary/aromatic N) is 2. The molecule has 4 rings (SSSR count). The number of methoxy groups -OCH3 is 2. The predicted molar refractivity (Wildman–Crippen MR) is 109 cm³/mol. The number of carbonyl (C=O) groups excluding carboxylic acids is 1. The van der Waals surface area contributed by atoms with E-state index in [2.05, 4.69) is 4.90 Å². The number of ether oxygens (including phenoxy) is 4. The molecule has 3 heterocycles. The fourth-order valence-corrected chi connectivity index (χ4v) is 4.73. The third-order valence-corrected chi connectivity index (χ3v) is 6.56. The highest BCUT2D eigenvalue weighted by Gasteiger charge is 2.43. The smallest absolute Gasteiger partial charge is 0.254 e. The molecule has 29 heavy (non-hydrogen) atoms. The van der Waals surface area contributed by atoms with Crippen LogP contribution in [0.3, 0.4) is 0 Å². The molecule has 1 atom stereocenters. The lowest BCUT2D eigenvalue weighted by molar-refractivity contribution is 0.00524. The molecular formula is C22H32N2O5. The summed E-state index contributed by atoms with van der Waals surface area (Å²) in [5, 5.41) is 0. The maximum absolute atomic E-state index is 13.0. The van der Waals surface area contributed by atoms with Gasteiger partial charge < -0.3 is 23.8 Å². The summed E-state index contributed by atoms with van der Waals surface area (Å²) in [6, 6.07) is 5.35. The predicted octanol–water partition coefficient (Wildman–Crippen LogP) is 2.05. The third-order valence-electron chi connectivity index (χ3n) is 6.56. The molecule has 1 amide bonds. The zero-order valence-electron chi connectivity index (χ0n) is 17.5. The number of benzene rings is 1. The van der Waals surface area contributed by atoms with Crippen LogP contribution in [0.2, 0.25) is 0 Å². The van der Waals surface area contributed by atoms with Crippen LogP contribution in [-0.2, 0) is 9.47 Å². The molecule has 7 heteroatoms. The topological polar surface area (TPSA) is 60.5 Å². The van der Waals surface area contributed by atoms with Crippen molar-refractivity contribution in [3.63, 3.8) is 0 Å². The number of morpholine rings is 1. The van der Waals surface area contributed by atoms with Gasteiger partial charge in [-0.1, -0.05) is 0 Å². The SMILES string of the molecule is COc1cc(OC)cc(C(=O)N2CCC3(CC2)COC(CN2CCOCC2)C3)c1. The van der Waals surface area contributed by atoms with Gasteiger partial charge in [-0.15, -0.1) is 0 Å². The summed E-state index contributed by atoms with van der Waals surface area (Å²) in [6.45, 7) is 7.00. The minimum absolute atomic E-state index is 0.0424. The molecule has 1 unspecified atom stereocenters. The summed E-state index contributed by atoms with van der Waals surface area (Å²) in [5.41, 5.74) is 0.838. The van der Waals surface area contributed by atoms with Crippen LogP contribution < -0.4 is 9.47 Å². The molecule has 3 aliphatic heterocycles. The Balaban J connectivity index is 1.33. The monoisotopic (exact) mass is 404 g/mol. The molecule has 0 N–H and O–H groups in total. The fourth-order valence-electron chi connectivity index (χ4n) is 4.73. The number of hydrogen-bond acceptors (Lipinski definition) is 6. The van der Waals surface area contributed by atoms with Crippen molar-refractivity contribution in [2.24, 2.45) is 5.41 Å². The van der Waals surface area contributed by atoms with Crippen LogP contribution in [0.25, 0.3) is 0 Å². The first-order valence-corrected chi connectivity index (χ1v) is 10.5. The van der Waals surface area contributed by atoms with Gasteiger partial charge in [-0.2, -0.15) is 0 Å². The first-order valence-electron chi connectivity index (χ1n) is 10.5. The Morgan fingerprint density at radius 1 is 1.07 bits per heavy atom. The summed E-state index contributed by atoms with van der Waals surface area (Å²) >= 11 is 0. The van der Waals surface area contributed by atoms with E-state index in [0.717, 1.165) is 71.8 Å². The molecule has 7 nitrogen and oxygen atoms in total. The van der Waals surface area contributed by atoms with Crippen LogP contribution in [0, 0.1) is 5.41 Å². The van der Waals surface area contributed by atoms with E-state index in [-0.39, 0.29) is 11.3 Å². The Hall–Kier alpha value is -1.83. The molecule has 160 valence electrons. The fraction of sp³-hybridized carbons (Fsp3) is 0.682. The van der Waals surface area contributed by atoms with Crippen molar-refractivity contribution in [1.29, 1.82) is 0 Å². The van der Waals surface area contributed by atoms with Crippen molar-refractivity contribution in [1.82, 2.24) is 9.80 Å². The van der Waals surface area contributed by atoms with Gasteiger partial charge >= 0.3 is 0 Å². The number of piperidine rings is 1. The highest BCUT2D eigenvalue weighted by Crippen LogP contribution is 2.42. The van der Waals surface area contributed by atoms with Gasteiger partial charge in [0.25, 0.3) is 5.91 Å². The van der Waals surface area contributed by atoms with Crippen molar-refractivity contribution in [3.8, 4) is 11.5 Å². The first-order chi connectivity index (χ1) is 14.1. The molecule has 3 aliphatic rings. The molecule has 0 radical (unpaired) electrons. The molecule has 1 aromatic rings. The van der Waals surface area contributed by atoms with E-state index in [1.54, 1.807) is 32.4 Å². The molecule has 0 aliphatic carbocycles. The van der Waals surface area contributed by atoms with E-state index in [9.17, 15) is 4.79 Å². The highest BCUT2D eigenvalue weighted by molar-refractivity contribution is 5.95. The van der Waals surface area contributed by atoms with Gasteiger partial charge in [0.2, 0.25) is 0 Å². The van der Waals surface area contributed by atoms with E-state index in [1.807, 2.05) is 4.90 Å². The maximum atomic E-state index is 13.0. The van der Waals surface area contributed by atoms with Crippen LogP contribution in [0.15, 0.2) is 18.2 Å². The van der Waals surface area contributed by atoms with Crippen LogP contribution in [0.4, 0.5) is 0 Å². The second-order valence-corrected chi connectivity index (χ2v) is 8.44. The standard InChI is InChI=1S/C22H32N2O5/c1-26-18-11-17(12-19(13-18)27-2)21(25)24-5-3-22(4-6-24)14-20(29-16-22)15-23-7-9-28-10-8-23/h11-13,20H,3-10,14-16H2,1-2H3. The van der Waals surface area contributed by atoms with Gasteiger partial charge in [0.15, 0.2) is 0 Å². The Morgan fingerprint density at radius 2 is 1.72 bits per heavy atom. The molecule has 0 saturated carbocycles. The molecular weight excluding hydrogens is 372 g/mol. The first kappa shape index (κ1) is 20.4. The van der Waals surface area contributed by atoms with Crippen LogP contribution in [-0.4, -0.2) is 88.6 Å². The minimum atomic E-state index is 0.0424. The zero-order chi connectivity index (χ0) is 20.3.